The number of anilines is 1. The number of imide groups is 1. The minimum Gasteiger partial charge on any atom is -0.307 e. The molecule has 0 atom stereocenters. The van der Waals surface area contributed by atoms with Crippen molar-refractivity contribution in [1.29, 1.82) is 0 Å². The molecule has 0 aliphatic rings. The van der Waals surface area contributed by atoms with Crippen molar-refractivity contribution >= 4 is 17.6 Å². The highest BCUT2D eigenvalue weighted by Crippen LogP contribution is 2.31. The Bertz CT molecular complexity index is 1150. The Balaban J connectivity index is 1.84. The van der Waals surface area contributed by atoms with Crippen LogP contribution in [0.15, 0.2) is 42.6 Å². The summed E-state index contributed by atoms with van der Waals surface area (Å²) in [5.41, 5.74) is -2.44. The van der Waals surface area contributed by atoms with Gasteiger partial charge in [-0.25, -0.2) is 18.0 Å². The zero-order chi connectivity index (χ0) is 22.9. The quantitative estimate of drug-likeness (QED) is 0.464. The Morgan fingerprint density at radius 3 is 2.26 bits per heavy atom. The zero-order valence-corrected chi connectivity index (χ0v) is 15.5. The monoisotopic (exact) mass is 442 g/mol. The summed E-state index contributed by atoms with van der Waals surface area (Å²) in [6, 6.07) is 5.77. The molecule has 0 radical (unpaired) electrons. The molecule has 2 aromatic carbocycles. The van der Waals surface area contributed by atoms with E-state index in [0.29, 0.717) is 12.1 Å². The first-order chi connectivity index (χ1) is 14.5. The largest absolute Gasteiger partial charge is 0.435 e. The second kappa shape index (κ2) is 8.13. The number of aromatic nitrogens is 2. The van der Waals surface area contributed by atoms with Crippen molar-refractivity contribution in [2.24, 2.45) is 7.05 Å². The topological polar surface area (TPSA) is 76.0 Å². The molecule has 6 nitrogen and oxygen atoms in total. The molecule has 2 N–H and O–H groups in total. The number of aryl methyl sites for hydroxylation is 1. The van der Waals surface area contributed by atoms with Gasteiger partial charge in [-0.2, -0.15) is 18.3 Å². The van der Waals surface area contributed by atoms with E-state index in [-0.39, 0.29) is 16.8 Å². The molecule has 162 valence electrons. The van der Waals surface area contributed by atoms with Gasteiger partial charge in [0.05, 0.1) is 11.3 Å². The van der Waals surface area contributed by atoms with Crippen LogP contribution < -0.4 is 10.6 Å². The number of nitrogens with zero attached hydrogens (tertiary/aromatic N) is 2. The number of carbonyl (C=O) groups is 2. The van der Waals surface area contributed by atoms with E-state index < -0.39 is 46.8 Å². The van der Waals surface area contributed by atoms with E-state index in [2.05, 4.69) is 10.4 Å². The molecular formula is C19H12F6N4O2. The van der Waals surface area contributed by atoms with E-state index in [1.807, 2.05) is 0 Å². The van der Waals surface area contributed by atoms with Crippen LogP contribution in [0, 0.1) is 17.5 Å². The van der Waals surface area contributed by atoms with Crippen molar-refractivity contribution in [2.45, 2.75) is 6.18 Å². The maximum absolute atomic E-state index is 13.6. The third-order valence-corrected chi connectivity index (χ3v) is 4.04. The maximum Gasteiger partial charge on any atom is 0.435 e. The number of alkyl halides is 3. The van der Waals surface area contributed by atoms with Crippen LogP contribution >= 0.6 is 0 Å². The predicted octanol–water partition coefficient (Wildman–Crippen LogP) is 4.49. The molecule has 12 heteroatoms. The van der Waals surface area contributed by atoms with E-state index in [0.717, 1.165) is 10.9 Å². The lowest BCUT2D eigenvalue weighted by molar-refractivity contribution is -0.141. The second-order valence-corrected chi connectivity index (χ2v) is 6.27. The second-order valence-electron chi connectivity index (χ2n) is 6.27. The third kappa shape index (κ3) is 4.68. The van der Waals surface area contributed by atoms with Gasteiger partial charge >= 0.3 is 12.2 Å². The van der Waals surface area contributed by atoms with Gasteiger partial charge in [0.2, 0.25) is 0 Å². The number of halogens is 6. The van der Waals surface area contributed by atoms with Crippen molar-refractivity contribution in [3.05, 3.63) is 71.3 Å². The van der Waals surface area contributed by atoms with E-state index in [1.165, 1.54) is 31.3 Å². The highest BCUT2D eigenvalue weighted by Gasteiger charge is 2.39. The summed E-state index contributed by atoms with van der Waals surface area (Å²) in [4.78, 5) is 24.3. The van der Waals surface area contributed by atoms with Crippen LogP contribution in [-0.4, -0.2) is 21.7 Å². The fraction of sp³-hybridized carbons (Fsp3) is 0.105. The maximum atomic E-state index is 13.6. The van der Waals surface area contributed by atoms with Gasteiger partial charge in [0.25, 0.3) is 5.91 Å². The van der Waals surface area contributed by atoms with Crippen LogP contribution in [-0.2, 0) is 13.2 Å². The Morgan fingerprint density at radius 2 is 1.65 bits per heavy atom. The molecule has 0 saturated carbocycles. The molecule has 0 aliphatic heterocycles. The number of benzene rings is 2. The van der Waals surface area contributed by atoms with Gasteiger partial charge in [-0.15, -0.1) is 0 Å². The van der Waals surface area contributed by atoms with Crippen LogP contribution in [0.25, 0.3) is 11.1 Å². The van der Waals surface area contributed by atoms with Gasteiger partial charge in [-0.3, -0.25) is 14.8 Å². The molecule has 0 bridgehead atoms. The first-order valence-electron chi connectivity index (χ1n) is 8.44. The third-order valence-electron chi connectivity index (χ3n) is 4.04. The van der Waals surface area contributed by atoms with Crippen LogP contribution in [0.5, 0.6) is 0 Å². The number of carbonyl (C=O) groups excluding carboxylic acids is 2. The predicted molar refractivity (Wildman–Crippen MR) is 96.4 cm³/mol. The number of amides is 3. The lowest BCUT2D eigenvalue weighted by Crippen LogP contribution is -2.35. The summed E-state index contributed by atoms with van der Waals surface area (Å²) in [5.74, 6) is -5.95. The average Bonchev–Trinajstić information content (AvgIpc) is 3.08. The molecule has 1 aromatic heterocycles. The molecule has 31 heavy (non-hydrogen) atoms. The molecule has 3 rings (SSSR count). The van der Waals surface area contributed by atoms with Gasteiger partial charge in [0.1, 0.15) is 0 Å². The molecule has 3 amide bonds. The molecule has 3 aromatic rings. The highest BCUT2D eigenvalue weighted by molar-refractivity contribution is 6.09. The molecule has 1 heterocycles. The number of para-hydroxylation sites is 1. The first kappa shape index (κ1) is 21.9. The number of nitrogens with one attached hydrogen (secondary N) is 2. The van der Waals surface area contributed by atoms with Crippen molar-refractivity contribution in [3.8, 4) is 11.1 Å². The van der Waals surface area contributed by atoms with Crippen molar-refractivity contribution < 1.29 is 35.9 Å². The van der Waals surface area contributed by atoms with E-state index in [4.69, 9.17) is 0 Å². The van der Waals surface area contributed by atoms with Gasteiger partial charge < -0.3 is 5.32 Å². The van der Waals surface area contributed by atoms with Gasteiger partial charge in [0, 0.05) is 18.8 Å². The van der Waals surface area contributed by atoms with Crippen molar-refractivity contribution in [1.82, 2.24) is 15.1 Å². The van der Waals surface area contributed by atoms with Crippen LogP contribution in [0.2, 0.25) is 0 Å². The molecular weight excluding hydrogens is 430 g/mol. The van der Waals surface area contributed by atoms with E-state index in [1.54, 1.807) is 5.32 Å². The Morgan fingerprint density at radius 1 is 1.03 bits per heavy atom. The SMILES string of the molecule is Cn1cc(C(=O)NC(=O)Nc2ccccc2-c2cc(F)c(F)c(F)c2)c(C(F)(F)F)n1. The van der Waals surface area contributed by atoms with Crippen molar-refractivity contribution in [2.75, 3.05) is 5.32 Å². The van der Waals surface area contributed by atoms with Gasteiger partial charge in [0.15, 0.2) is 23.1 Å². The molecule has 0 aliphatic carbocycles. The summed E-state index contributed by atoms with van der Waals surface area (Å²) in [6.07, 6.45) is -4.13. The fourth-order valence-electron chi connectivity index (χ4n) is 2.74. The Kier molecular flexibility index (Phi) is 5.73. The lowest BCUT2D eigenvalue weighted by Gasteiger charge is -2.12. The fourth-order valence-corrected chi connectivity index (χ4v) is 2.74. The Hall–Kier alpha value is -3.83. The smallest absolute Gasteiger partial charge is 0.307 e. The molecule has 0 saturated heterocycles. The highest BCUT2D eigenvalue weighted by atomic mass is 19.4. The summed E-state index contributed by atoms with van der Waals surface area (Å²) in [7, 11) is 1.17. The van der Waals surface area contributed by atoms with E-state index in [9.17, 15) is 35.9 Å². The normalized spacial score (nSPS) is 11.3. The molecule has 0 spiro atoms. The summed E-state index contributed by atoms with van der Waals surface area (Å²) in [6.45, 7) is 0. The minimum absolute atomic E-state index is 0.0413. The number of hydrogen-bond acceptors (Lipinski definition) is 3. The van der Waals surface area contributed by atoms with Crippen molar-refractivity contribution in [3.63, 3.8) is 0 Å². The van der Waals surface area contributed by atoms with Gasteiger partial charge in [-0.1, -0.05) is 18.2 Å². The lowest BCUT2D eigenvalue weighted by atomic mass is 10.0. The molecule has 0 unspecified atom stereocenters. The first-order valence-corrected chi connectivity index (χ1v) is 8.44. The zero-order valence-electron chi connectivity index (χ0n) is 15.5. The van der Waals surface area contributed by atoms with Gasteiger partial charge in [-0.05, 0) is 23.8 Å². The minimum atomic E-state index is -4.92. The van der Waals surface area contributed by atoms with Crippen LogP contribution in [0.1, 0.15) is 16.1 Å². The number of hydrogen-bond donors (Lipinski definition) is 2. The number of rotatable bonds is 3. The standard InChI is InChI=1S/C19H12F6N4O2/c1-29-8-11(16(28-29)19(23,24)25)17(30)27-18(31)26-14-5-3-2-4-10(14)9-6-12(20)15(22)13(21)7-9/h2-8H,1H3,(H2,26,27,30,31). The van der Waals surface area contributed by atoms with E-state index >= 15 is 0 Å². The summed E-state index contributed by atoms with van der Waals surface area (Å²) < 4.78 is 80.1. The van der Waals surface area contributed by atoms with Crippen LogP contribution in [0.3, 0.4) is 0 Å². The summed E-state index contributed by atoms with van der Waals surface area (Å²) in [5, 5.41) is 7.11. The summed E-state index contributed by atoms with van der Waals surface area (Å²) >= 11 is 0. The average molecular weight is 442 g/mol. The Labute approximate surface area is 170 Å². The number of urea groups is 1. The molecule has 0 fully saturated rings. The van der Waals surface area contributed by atoms with Crippen LogP contribution in [0.4, 0.5) is 36.8 Å².